The summed E-state index contributed by atoms with van der Waals surface area (Å²) in [7, 11) is -3.63. The monoisotopic (exact) mass is 699 g/mol. The van der Waals surface area contributed by atoms with Gasteiger partial charge in [0.2, 0.25) is 10.0 Å². The molecule has 264 valence electrons. The second-order valence-corrected chi connectivity index (χ2v) is 14.1. The summed E-state index contributed by atoms with van der Waals surface area (Å²) < 4.78 is 67.9. The molecule has 49 heavy (non-hydrogen) atoms. The van der Waals surface area contributed by atoms with Crippen molar-refractivity contribution in [2.75, 3.05) is 38.2 Å². The Morgan fingerprint density at radius 3 is 2.20 bits per heavy atom. The molecule has 2 aliphatic heterocycles. The quantitative estimate of drug-likeness (QED) is 0.211. The van der Waals surface area contributed by atoms with Gasteiger partial charge in [0.1, 0.15) is 23.1 Å². The Labute approximate surface area is 285 Å². The molecule has 4 N–H and O–H groups in total. The molecular formula is C35H43F2N5O6S. The third kappa shape index (κ3) is 9.75. The number of sulfonamides is 1. The molecule has 0 unspecified atom stereocenters. The van der Waals surface area contributed by atoms with Gasteiger partial charge in [-0.1, -0.05) is 25.5 Å². The second kappa shape index (κ2) is 16.5. The van der Waals surface area contributed by atoms with Crippen molar-refractivity contribution in [1.29, 1.82) is 0 Å². The number of hydrogen-bond acceptors (Lipinski definition) is 7. The lowest BCUT2D eigenvalue weighted by atomic mass is 10.0. The maximum Gasteiger partial charge on any atom is 0.322 e. The highest BCUT2D eigenvalue weighted by molar-refractivity contribution is 7.89. The Hall–Kier alpha value is -4.11. The lowest BCUT2D eigenvalue weighted by Crippen LogP contribution is -2.49. The predicted molar refractivity (Wildman–Crippen MR) is 181 cm³/mol. The molecule has 0 aromatic heterocycles. The first-order chi connectivity index (χ1) is 23.5. The molecule has 0 saturated carbocycles. The van der Waals surface area contributed by atoms with E-state index in [2.05, 4.69) is 14.9 Å². The average Bonchev–Trinajstić information content (AvgIpc) is 3.08. The van der Waals surface area contributed by atoms with Crippen molar-refractivity contribution in [2.24, 2.45) is 5.73 Å². The van der Waals surface area contributed by atoms with Crippen molar-refractivity contribution in [3.8, 4) is 11.5 Å². The van der Waals surface area contributed by atoms with Crippen LogP contribution in [0.1, 0.15) is 61.4 Å². The van der Waals surface area contributed by atoms with E-state index in [4.69, 9.17) is 15.2 Å². The zero-order valence-electron chi connectivity index (χ0n) is 27.5. The summed E-state index contributed by atoms with van der Waals surface area (Å²) in [5.74, 6) is -1.98. The fourth-order valence-corrected chi connectivity index (χ4v) is 7.34. The van der Waals surface area contributed by atoms with Crippen LogP contribution in [-0.4, -0.2) is 75.1 Å². The zero-order valence-corrected chi connectivity index (χ0v) is 28.3. The van der Waals surface area contributed by atoms with Crippen LogP contribution in [0.2, 0.25) is 0 Å². The Balaban J connectivity index is 1.12. The molecule has 0 radical (unpaired) electrons. The van der Waals surface area contributed by atoms with E-state index in [0.717, 1.165) is 37.6 Å². The molecule has 5 rings (SSSR count). The number of piperidine rings is 1. The first kappa shape index (κ1) is 36.2. The molecule has 0 atom stereocenters. The highest BCUT2D eigenvalue weighted by Gasteiger charge is 2.29. The van der Waals surface area contributed by atoms with Crippen LogP contribution in [0, 0.1) is 11.6 Å². The first-order valence-corrected chi connectivity index (χ1v) is 18.1. The molecule has 14 heteroatoms. The summed E-state index contributed by atoms with van der Waals surface area (Å²) in [6.45, 7) is 5.78. The number of unbranched alkanes of at least 4 members (excludes halogenated alkanes) is 1. The molecule has 0 spiro atoms. The normalized spacial score (nSPS) is 16.3. The lowest BCUT2D eigenvalue weighted by molar-refractivity contribution is 0.0832. The van der Waals surface area contributed by atoms with Gasteiger partial charge in [0.05, 0.1) is 16.1 Å². The standard InChI is InChI=1S/C35H43F2N5O6S/c1-2-3-16-42(35(44)39-33-21-30(34(38)43)31(36)22-32(33)37)26-12-17-41(18-13-26)23-24-4-6-27(7-5-24)48-28-8-10-29(11-9-28)49(45,46)40-25-14-19-47-20-15-25/h4-11,21-22,25-26,40H,2-3,12-20,23H2,1H3,(H2,38,43)(H,39,44). The number of urea groups is 1. The SMILES string of the molecule is CCCCN(C(=O)Nc1cc(C(N)=O)c(F)cc1F)C1CCN(Cc2ccc(Oc3ccc(S(=O)(=O)NC4CCOCC4)cc3)cc2)CC1. The number of ether oxygens (including phenoxy) is 2. The number of nitrogens with two attached hydrogens (primary N) is 1. The van der Waals surface area contributed by atoms with Gasteiger partial charge in [-0.05, 0) is 80.1 Å². The Morgan fingerprint density at radius 1 is 0.959 bits per heavy atom. The minimum absolute atomic E-state index is 0.0725. The maximum absolute atomic E-state index is 14.5. The number of anilines is 1. The number of hydrogen-bond donors (Lipinski definition) is 3. The maximum atomic E-state index is 14.5. The number of nitrogens with one attached hydrogen (secondary N) is 2. The van der Waals surface area contributed by atoms with Crippen LogP contribution in [-0.2, 0) is 21.3 Å². The predicted octanol–water partition coefficient (Wildman–Crippen LogP) is 5.61. The number of benzene rings is 3. The van der Waals surface area contributed by atoms with Crippen LogP contribution >= 0.6 is 0 Å². The summed E-state index contributed by atoms with van der Waals surface area (Å²) >= 11 is 0. The third-order valence-electron chi connectivity index (χ3n) is 8.82. The fourth-order valence-electron chi connectivity index (χ4n) is 6.04. The van der Waals surface area contributed by atoms with Gasteiger partial charge >= 0.3 is 6.03 Å². The summed E-state index contributed by atoms with van der Waals surface area (Å²) in [5, 5.41) is 2.52. The topological polar surface area (TPSA) is 143 Å². The van der Waals surface area contributed by atoms with Crippen molar-refractivity contribution < 1.29 is 36.3 Å². The number of nitrogens with zero attached hydrogens (tertiary/aromatic N) is 2. The molecule has 3 amide bonds. The van der Waals surface area contributed by atoms with Gasteiger partial charge in [0, 0.05) is 57.5 Å². The van der Waals surface area contributed by atoms with Gasteiger partial charge < -0.3 is 25.4 Å². The summed E-state index contributed by atoms with van der Waals surface area (Å²) in [5.41, 5.74) is 5.49. The molecule has 11 nitrogen and oxygen atoms in total. The van der Waals surface area contributed by atoms with Crippen LogP contribution in [0.25, 0.3) is 0 Å². The minimum atomic E-state index is -3.63. The number of likely N-dealkylation sites (tertiary alicyclic amines) is 1. The largest absolute Gasteiger partial charge is 0.457 e. The minimum Gasteiger partial charge on any atom is -0.457 e. The van der Waals surface area contributed by atoms with E-state index in [1.807, 2.05) is 31.2 Å². The van der Waals surface area contributed by atoms with Crippen LogP contribution in [0.15, 0.2) is 65.6 Å². The fraction of sp³-hybridized carbons (Fsp3) is 0.429. The van der Waals surface area contributed by atoms with Crippen LogP contribution in [0.5, 0.6) is 11.5 Å². The highest BCUT2D eigenvalue weighted by Crippen LogP contribution is 2.26. The number of primary amides is 1. The van der Waals surface area contributed by atoms with Crippen LogP contribution in [0.3, 0.4) is 0 Å². The van der Waals surface area contributed by atoms with Crippen molar-refractivity contribution in [2.45, 2.75) is 69.0 Å². The number of amides is 3. The Bertz CT molecular complexity index is 1690. The van der Waals surface area contributed by atoms with E-state index < -0.39 is 39.2 Å². The van der Waals surface area contributed by atoms with E-state index in [1.54, 1.807) is 17.0 Å². The summed E-state index contributed by atoms with van der Waals surface area (Å²) in [4.78, 5) is 29.0. The van der Waals surface area contributed by atoms with Crippen LogP contribution < -0.4 is 20.5 Å². The molecule has 2 fully saturated rings. The zero-order chi connectivity index (χ0) is 35.0. The van der Waals surface area contributed by atoms with E-state index in [1.165, 1.54) is 12.1 Å². The van der Waals surface area contributed by atoms with E-state index in [0.29, 0.717) is 69.6 Å². The molecule has 0 aliphatic carbocycles. The molecule has 3 aromatic rings. The number of rotatable bonds is 13. The highest BCUT2D eigenvalue weighted by atomic mass is 32.2. The average molecular weight is 700 g/mol. The Morgan fingerprint density at radius 2 is 1.59 bits per heavy atom. The molecule has 3 aromatic carbocycles. The number of halogens is 2. The van der Waals surface area contributed by atoms with Crippen molar-refractivity contribution in [1.82, 2.24) is 14.5 Å². The van der Waals surface area contributed by atoms with E-state index >= 15 is 0 Å². The molecule has 2 aliphatic rings. The first-order valence-electron chi connectivity index (χ1n) is 16.6. The van der Waals surface area contributed by atoms with Gasteiger partial charge in [-0.25, -0.2) is 26.7 Å². The summed E-state index contributed by atoms with van der Waals surface area (Å²) in [6.07, 6.45) is 4.35. The lowest BCUT2D eigenvalue weighted by Gasteiger charge is -2.38. The molecule has 0 bridgehead atoms. The van der Waals surface area contributed by atoms with Gasteiger partial charge in [-0.3, -0.25) is 9.69 Å². The number of carbonyl (C=O) groups is 2. The molecular weight excluding hydrogens is 656 g/mol. The molecule has 2 heterocycles. The van der Waals surface area contributed by atoms with E-state index in [9.17, 15) is 26.8 Å². The third-order valence-corrected chi connectivity index (χ3v) is 10.4. The van der Waals surface area contributed by atoms with Crippen LogP contribution in [0.4, 0.5) is 19.3 Å². The Kier molecular flexibility index (Phi) is 12.2. The van der Waals surface area contributed by atoms with Gasteiger partial charge in [0.15, 0.2) is 0 Å². The van der Waals surface area contributed by atoms with Gasteiger partial charge in [0.25, 0.3) is 5.91 Å². The van der Waals surface area contributed by atoms with Crippen molar-refractivity contribution in [3.63, 3.8) is 0 Å². The smallest absolute Gasteiger partial charge is 0.322 e. The molecule has 2 saturated heterocycles. The second-order valence-electron chi connectivity index (χ2n) is 12.4. The van der Waals surface area contributed by atoms with Crippen molar-refractivity contribution >= 4 is 27.6 Å². The van der Waals surface area contributed by atoms with Gasteiger partial charge in [-0.2, -0.15) is 0 Å². The van der Waals surface area contributed by atoms with Gasteiger partial charge in [-0.15, -0.1) is 0 Å². The number of carbonyl (C=O) groups excluding carboxylic acids is 2. The van der Waals surface area contributed by atoms with Crippen molar-refractivity contribution in [3.05, 3.63) is 83.4 Å². The van der Waals surface area contributed by atoms with E-state index in [-0.39, 0.29) is 22.7 Å². The summed E-state index contributed by atoms with van der Waals surface area (Å²) in [6, 6.07) is 14.8.